The van der Waals surface area contributed by atoms with Gasteiger partial charge in [-0.05, 0) is 223 Å². The number of hydrogen-bond acceptors (Lipinski definition) is 7. The number of pyridine rings is 1. The van der Waals surface area contributed by atoms with Gasteiger partial charge < -0.3 is 18.3 Å². The molecule has 11 heteroatoms. The zero-order valence-corrected chi connectivity index (χ0v) is 79.0. The molecule has 0 N–H and O–H groups in total. The molecule has 30 aromatic rings. The summed E-state index contributed by atoms with van der Waals surface area (Å²) in [4.78, 5) is 25.6. The van der Waals surface area contributed by atoms with Crippen LogP contribution in [0.25, 0.3) is 276 Å². The summed E-state index contributed by atoms with van der Waals surface area (Å²) in [6, 6.07) is 181. The van der Waals surface area contributed by atoms with E-state index in [2.05, 4.69) is 490 Å². The smallest absolute Gasteiger partial charge is 0.160 e. The number of benzene rings is 22. The molecule has 0 aliphatic rings. The van der Waals surface area contributed by atoms with Gasteiger partial charge in [0.05, 0.1) is 60.9 Å². The van der Waals surface area contributed by atoms with Crippen LogP contribution >= 0.6 is 0 Å². The van der Waals surface area contributed by atoms with Crippen LogP contribution in [0, 0.1) is 0 Å². The van der Waals surface area contributed by atoms with Crippen LogP contribution in [0.2, 0.25) is 0 Å². The van der Waals surface area contributed by atoms with Crippen LogP contribution < -0.4 is 0 Å². The van der Waals surface area contributed by atoms with Gasteiger partial charge in [-0.25, -0.2) is 19.9 Å². The SMILES string of the molecule is c1ccc(-c2ccc(-c3nc(-c4ccc(-n5c6ccccc6c6cc7ccccc7cc65)cc4)nc4ccc(-c5ccccc5)cc34)cc2)cc1.c1ccc(-c2nnc(-c3ccc(-n4c5ccccc5c5cc6ccccc6cc54)cc3)c3ccccc23)cc1.c1ccc(-n2c3ccccc3c3ccc(-c4nc(-c5ccc6cc(-n7c8ccccc8c8cc9ccccc9cc87)ccc6c5)nc5cccnc45)cc32)cc1. The van der Waals surface area contributed by atoms with Crippen molar-refractivity contribution >= 4 is 163 Å². The summed E-state index contributed by atoms with van der Waals surface area (Å²) < 4.78 is 9.46. The fraction of sp³-hybridized carbons (Fsp3) is 0. The molecule has 11 nitrogen and oxygen atoms in total. The largest absolute Gasteiger partial charge is 0.309 e. The molecule has 30 rings (SSSR count). The van der Waals surface area contributed by atoms with E-state index in [-0.39, 0.29) is 0 Å². The van der Waals surface area contributed by atoms with E-state index in [0.717, 1.165) is 133 Å². The second-order valence-corrected chi connectivity index (χ2v) is 37.5. The van der Waals surface area contributed by atoms with Gasteiger partial charge in [-0.3, -0.25) is 4.98 Å². The second-order valence-electron chi connectivity index (χ2n) is 37.5. The minimum Gasteiger partial charge on any atom is -0.309 e. The molecule has 0 aliphatic carbocycles. The summed E-state index contributed by atoms with van der Waals surface area (Å²) >= 11 is 0. The summed E-state index contributed by atoms with van der Waals surface area (Å²) in [5.74, 6) is 1.38. The highest BCUT2D eigenvalue weighted by Crippen LogP contribution is 2.45. The normalized spacial score (nSPS) is 11.7. The number of aromatic nitrogens is 11. The molecule has 0 amide bonds. The number of fused-ring (bicyclic) bond motifs is 19. The molecule has 680 valence electrons. The molecule has 146 heavy (non-hydrogen) atoms. The third-order valence-electron chi connectivity index (χ3n) is 29.0. The van der Waals surface area contributed by atoms with Crippen molar-refractivity contribution in [3.8, 4) is 113 Å². The number of rotatable bonds is 12. The molecule has 0 aliphatic heterocycles. The van der Waals surface area contributed by atoms with Gasteiger partial charge in [0.15, 0.2) is 11.6 Å². The Morgan fingerprint density at radius 2 is 0.473 bits per heavy atom. The Balaban J connectivity index is 0.000000108. The Morgan fingerprint density at radius 3 is 1.00 bits per heavy atom. The van der Waals surface area contributed by atoms with E-state index < -0.39 is 0 Å². The third kappa shape index (κ3) is 14.7. The van der Waals surface area contributed by atoms with Crippen LogP contribution in [-0.4, -0.2) is 53.4 Å². The van der Waals surface area contributed by atoms with Crippen LogP contribution in [0.1, 0.15) is 0 Å². The summed E-state index contributed by atoms with van der Waals surface area (Å²) in [6.07, 6.45) is 1.82. The predicted octanol–water partition coefficient (Wildman–Crippen LogP) is 34.6. The lowest BCUT2D eigenvalue weighted by molar-refractivity contribution is 1.06. The van der Waals surface area contributed by atoms with E-state index in [1.54, 1.807) is 0 Å². The predicted molar refractivity (Wildman–Crippen MR) is 607 cm³/mol. The first-order chi connectivity index (χ1) is 72.4. The molecule has 0 radical (unpaired) electrons. The van der Waals surface area contributed by atoms with Gasteiger partial charge in [0.1, 0.15) is 22.6 Å². The van der Waals surface area contributed by atoms with Gasteiger partial charge in [-0.1, -0.05) is 352 Å². The lowest BCUT2D eigenvalue weighted by Crippen LogP contribution is -1.98. The van der Waals surface area contributed by atoms with Crippen molar-refractivity contribution in [2.75, 3.05) is 0 Å². The van der Waals surface area contributed by atoms with Crippen molar-refractivity contribution < 1.29 is 0 Å². The number of hydrogen-bond donors (Lipinski definition) is 0. The maximum atomic E-state index is 5.29. The van der Waals surface area contributed by atoms with Gasteiger partial charge >= 0.3 is 0 Å². The molecule has 0 fully saturated rings. The van der Waals surface area contributed by atoms with Crippen molar-refractivity contribution in [1.82, 2.24) is 53.4 Å². The highest BCUT2D eigenvalue weighted by molar-refractivity contribution is 6.18. The fourth-order valence-electron chi connectivity index (χ4n) is 22.0. The molecule has 0 bridgehead atoms. The van der Waals surface area contributed by atoms with Crippen molar-refractivity contribution in [1.29, 1.82) is 0 Å². The lowest BCUT2D eigenvalue weighted by atomic mass is 9.98. The van der Waals surface area contributed by atoms with Crippen LogP contribution in [0.3, 0.4) is 0 Å². The van der Waals surface area contributed by atoms with Crippen LogP contribution in [0.4, 0.5) is 0 Å². The number of nitrogens with zero attached hydrogens (tertiary/aromatic N) is 11. The molecule has 0 saturated carbocycles. The molecular formula is C135H85N11. The lowest BCUT2D eigenvalue weighted by Gasteiger charge is -2.13. The van der Waals surface area contributed by atoms with E-state index in [4.69, 9.17) is 30.0 Å². The third-order valence-corrected chi connectivity index (χ3v) is 29.0. The minimum absolute atomic E-state index is 0.671. The van der Waals surface area contributed by atoms with Gasteiger partial charge in [0.2, 0.25) is 0 Å². The maximum Gasteiger partial charge on any atom is 0.160 e. The van der Waals surface area contributed by atoms with Gasteiger partial charge in [0, 0.05) is 122 Å². The molecule has 0 saturated heterocycles. The first kappa shape index (κ1) is 84.3. The molecule has 8 heterocycles. The average Bonchev–Trinajstić information content (AvgIpc) is 1.63. The molecule has 8 aromatic heterocycles. The van der Waals surface area contributed by atoms with Crippen LogP contribution in [0.5, 0.6) is 0 Å². The van der Waals surface area contributed by atoms with E-state index in [0.29, 0.717) is 11.6 Å². The maximum absolute atomic E-state index is 5.29. The van der Waals surface area contributed by atoms with Crippen molar-refractivity contribution in [3.63, 3.8) is 0 Å². The Labute approximate surface area is 839 Å². The zero-order chi connectivity index (χ0) is 96.2. The van der Waals surface area contributed by atoms with E-state index in [1.807, 2.05) is 48.7 Å². The minimum atomic E-state index is 0.671. The Morgan fingerprint density at radius 1 is 0.144 bits per heavy atom. The highest BCUT2D eigenvalue weighted by atomic mass is 15.1. The van der Waals surface area contributed by atoms with E-state index >= 15 is 0 Å². The Bertz CT molecular complexity index is 10400. The van der Waals surface area contributed by atoms with E-state index in [1.165, 1.54) is 131 Å². The first-order valence-electron chi connectivity index (χ1n) is 49.4. The summed E-state index contributed by atoms with van der Waals surface area (Å²) in [7, 11) is 0. The Hall–Kier alpha value is -19.8. The standard InChI is InChI=1S/C51H31N5.C48H31N3.C36H23N3/c1-2-13-38(14-3-1)55-45-18-8-6-15-40(45)42-25-23-36(31-47(42)55)49-50-44(17-10-26-52-50)53-51(54-49)37-21-20-35-28-39(24-22-34(35)27-37)56-46-19-9-7-16-41(46)43-29-32-11-4-5-12-33(32)30-48(43)56;1-3-11-32(12-4-1)34-19-21-35(22-20-34)47-43-30-39(33-13-5-2-6-14-33)25-28-44(43)49-48(50-47)36-23-26-40(27-24-36)51-45-18-10-9-17-41(45)42-29-37-15-7-8-16-38(37)31-46(42)51;1-2-10-24(11-3-1)35-30-15-6-7-16-31(30)36(38-37-35)25-18-20-28(21-19-25)39-33-17-9-8-14-29(33)32-22-26-12-4-5-13-27(26)23-34(32)39/h1-31H;1-31H;1-23H. The molecule has 22 aromatic carbocycles. The van der Waals surface area contributed by atoms with Crippen molar-refractivity contribution in [2.45, 2.75) is 0 Å². The molecular weight excluding hydrogens is 1780 g/mol. The van der Waals surface area contributed by atoms with Crippen molar-refractivity contribution in [3.05, 3.63) is 516 Å². The first-order valence-corrected chi connectivity index (χ1v) is 49.4. The summed E-state index contributed by atoms with van der Waals surface area (Å²) in [5, 5.41) is 32.3. The quantitative estimate of drug-likeness (QED) is 0.120. The monoisotopic (exact) mass is 1860 g/mol. The van der Waals surface area contributed by atoms with Gasteiger partial charge in [-0.15, -0.1) is 10.2 Å². The second kappa shape index (κ2) is 35.2. The number of para-hydroxylation sites is 5. The van der Waals surface area contributed by atoms with Gasteiger partial charge in [0.25, 0.3) is 0 Å². The molecule has 0 unspecified atom stereocenters. The topological polar surface area (TPSA) is 110 Å². The van der Waals surface area contributed by atoms with Crippen molar-refractivity contribution in [2.24, 2.45) is 0 Å². The van der Waals surface area contributed by atoms with Crippen LogP contribution in [0.15, 0.2) is 516 Å². The van der Waals surface area contributed by atoms with E-state index in [9.17, 15) is 0 Å². The van der Waals surface area contributed by atoms with Crippen LogP contribution in [-0.2, 0) is 0 Å². The summed E-state index contributed by atoms with van der Waals surface area (Å²) in [5.41, 5.74) is 30.8. The molecule has 0 atom stereocenters. The Kier molecular flexibility index (Phi) is 20.4. The summed E-state index contributed by atoms with van der Waals surface area (Å²) in [6.45, 7) is 0. The fourth-order valence-corrected chi connectivity index (χ4v) is 22.0. The zero-order valence-electron chi connectivity index (χ0n) is 79.0. The molecule has 0 spiro atoms. The highest BCUT2D eigenvalue weighted by Gasteiger charge is 2.24. The van der Waals surface area contributed by atoms with Gasteiger partial charge in [-0.2, -0.15) is 0 Å². The average molecular weight is 1860 g/mol.